The molecule has 1 aromatic heterocycles. The third-order valence-electron chi connectivity index (χ3n) is 3.81. The van der Waals surface area contributed by atoms with E-state index in [2.05, 4.69) is 27.8 Å². The SMILES string of the molecule is Cc1cncc(N2CCN(CC3CC3)CC2)c1. The quantitative estimate of drug-likeness (QED) is 0.792. The van der Waals surface area contributed by atoms with Crippen molar-refractivity contribution >= 4 is 5.69 Å². The van der Waals surface area contributed by atoms with E-state index in [0.29, 0.717) is 0 Å². The Bertz CT molecular complexity index is 379. The molecule has 0 radical (unpaired) electrons. The van der Waals surface area contributed by atoms with Gasteiger partial charge in [0.2, 0.25) is 0 Å². The highest BCUT2D eigenvalue weighted by molar-refractivity contribution is 5.46. The summed E-state index contributed by atoms with van der Waals surface area (Å²) in [5.74, 6) is 1.02. The molecule has 2 aliphatic rings. The first-order valence-corrected chi connectivity index (χ1v) is 6.70. The van der Waals surface area contributed by atoms with Crippen molar-refractivity contribution in [3.8, 4) is 0 Å². The molecule has 1 aromatic rings. The summed E-state index contributed by atoms with van der Waals surface area (Å²) in [6.07, 6.45) is 6.83. The molecule has 1 aliphatic heterocycles. The van der Waals surface area contributed by atoms with E-state index < -0.39 is 0 Å². The van der Waals surface area contributed by atoms with Crippen LogP contribution in [-0.2, 0) is 0 Å². The highest BCUT2D eigenvalue weighted by Gasteiger charge is 2.26. The van der Waals surface area contributed by atoms with Crippen LogP contribution >= 0.6 is 0 Å². The Morgan fingerprint density at radius 3 is 2.59 bits per heavy atom. The molecule has 1 aliphatic carbocycles. The fraction of sp³-hybridized carbons (Fsp3) is 0.643. The van der Waals surface area contributed by atoms with E-state index in [1.54, 1.807) is 0 Å². The molecule has 3 rings (SSSR count). The molecular formula is C14H21N3. The molecule has 0 spiro atoms. The first-order valence-electron chi connectivity index (χ1n) is 6.70. The number of anilines is 1. The van der Waals surface area contributed by atoms with Crippen LogP contribution in [0.4, 0.5) is 5.69 Å². The second kappa shape index (κ2) is 4.65. The highest BCUT2D eigenvalue weighted by Crippen LogP contribution is 2.30. The van der Waals surface area contributed by atoms with Crippen molar-refractivity contribution in [3.63, 3.8) is 0 Å². The summed E-state index contributed by atoms with van der Waals surface area (Å²) in [5, 5.41) is 0. The zero-order chi connectivity index (χ0) is 11.7. The summed E-state index contributed by atoms with van der Waals surface area (Å²) in [6.45, 7) is 8.17. The number of aryl methyl sites for hydroxylation is 1. The maximum absolute atomic E-state index is 4.28. The molecule has 0 aromatic carbocycles. The predicted molar refractivity (Wildman–Crippen MR) is 70.4 cm³/mol. The molecule has 0 bridgehead atoms. The molecule has 2 heterocycles. The van der Waals surface area contributed by atoms with Crippen molar-refractivity contribution in [3.05, 3.63) is 24.0 Å². The molecule has 92 valence electrons. The minimum atomic E-state index is 1.02. The zero-order valence-electron chi connectivity index (χ0n) is 10.6. The normalized spacial score (nSPS) is 21.8. The lowest BCUT2D eigenvalue weighted by Crippen LogP contribution is -2.47. The lowest BCUT2D eigenvalue weighted by Gasteiger charge is -2.36. The number of pyridine rings is 1. The van der Waals surface area contributed by atoms with Crippen molar-refractivity contribution in [2.24, 2.45) is 5.92 Å². The molecule has 0 N–H and O–H groups in total. The summed E-state index contributed by atoms with van der Waals surface area (Å²) in [4.78, 5) is 9.37. The van der Waals surface area contributed by atoms with Gasteiger partial charge in [0.1, 0.15) is 0 Å². The van der Waals surface area contributed by atoms with Crippen LogP contribution < -0.4 is 4.90 Å². The number of hydrogen-bond donors (Lipinski definition) is 0. The predicted octanol–water partition coefficient (Wildman–Crippen LogP) is 1.92. The van der Waals surface area contributed by atoms with Gasteiger partial charge < -0.3 is 4.90 Å². The number of piperazine rings is 1. The zero-order valence-corrected chi connectivity index (χ0v) is 10.6. The number of nitrogens with zero attached hydrogens (tertiary/aromatic N) is 3. The summed E-state index contributed by atoms with van der Waals surface area (Å²) >= 11 is 0. The van der Waals surface area contributed by atoms with Gasteiger partial charge in [-0.3, -0.25) is 9.88 Å². The monoisotopic (exact) mass is 231 g/mol. The van der Waals surface area contributed by atoms with Crippen LogP contribution in [0.1, 0.15) is 18.4 Å². The van der Waals surface area contributed by atoms with E-state index in [0.717, 1.165) is 19.0 Å². The van der Waals surface area contributed by atoms with Gasteiger partial charge in [0.05, 0.1) is 11.9 Å². The van der Waals surface area contributed by atoms with Gasteiger partial charge in [0, 0.05) is 38.9 Å². The van der Waals surface area contributed by atoms with E-state index >= 15 is 0 Å². The van der Waals surface area contributed by atoms with Crippen molar-refractivity contribution in [1.29, 1.82) is 0 Å². The third kappa shape index (κ3) is 2.78. The lowest BCUT2D eigenvalue weighted by atomic mass is 10.2. The average Bonchev–Trinajstić information content (AvgIpc) is 3.14. The van der Waals surface area contributed by atoms with Gasteiger partial charge in [-0.05, 0) is 37.3 Å². The smallest absolute Gasteiger partial charge is 0.0556 e. The number of rotatable bonds is 3. The Hall–Kier alpha value is -1.09. The highest BCUT2D eigenvalue weighted by atomic mass is 15.3. The summed E-state index contributed by atoms with van der Waals surface area (Å²) < 4.78 is 0. The van der Waals surface area contributed by atoms with Crippen molar-refractivity contribution < 1.29 is 0 Å². The van der Waals surface area contributed by atoms with Gasteiger partial charge in [-0.15, -0.1) is 0 Å². The standard InChI is InChI=1S/C14H21N3/c1-12-8-14(10-15-9-12)17-6-4-16(5-7-17)11-13-2-3-13/h8-10,13H,2-7,11H2,1H3. The van der Waals surface area contributed by atoms with Gasteiger partial charge in [-0.1, -0.05) is 0 Å². The molecular weight excluding hydrogens is 210 g/mol. The van der Waals surface area contributed by atoms with Crippen LogP contribution in [0.2, 0.25) is 0 Å². The maximum Gasteiger partial charge on any atom is 0.0556 e. The van der Waals surface area contributed by atoms with Crippen molar-refractivity contribution in [2.75, 3.05) is 37.6 Å². The van der Waals surface area contributed by atoms with Gasteiger partial charge >= 0.3 is 0 Å². The van der Waals surface area contributed by atoms with Gasteiger partial charge in [-0.2, -0.15) is 0 Å². The number of aromatic nitrogens is 1. The second-order valence-electron chi connectivity index (χ2n) is 5.45. The van der Waals surface area contributed by atoms with Crippen LogP contribution in [0.5, 0.6) is 0 Å². The minimum Gasteiger partial charge on any atom is -0.368 e. The summed E-state index contributed by atoms with van der Waals surface area (Å²) in [5.41, 5.74) is 2.54. The Morgan fingerprint density at radius 2 is 1.94 bits per heavy atom. The third-order valence-corrected chi connectivity index (χ3v) is 3.81. The topological polar surface area (TPSA) is 19.4 Å². The first kappa shape index (κ1) is 11.0. The Kier molecular flexibility index (Phi) is 3.02. The maximum atomic E-state index is 4.28. The molecule has 0 amide bonds. The summed E-state index contributed by atoms with van der Waals surface area (Å²) in [7, 11) is 0. The molecule has 1 saturated heterocycles. The Morgan fingerprint density at radius 1 is 1.18 bits per heavy atom. The molecule has 3 heteroatoms. The van der Waals surface area contributed by atoms with E-state index in [1.807, 2.05) is 12.4 Å². The summed E-state index contributed by atoms with van der Waals surface area (Å²) in [6, 6.07) is 2.24. The lowest BCUT2D eigenvalue weighted by molar-refractivity contribution is 0.248. The van der Waals surface area contributed by atoms with Gasteiger partial charge in [-0.25, -0.2) is 0 Å². The first-order chi connectivity index (χ1) is 8.31. The van der Waals surface area contributed by atoms with Gasteiger partial charge in [0.25, 0.3) is 0 Å². The average molecular weight is 231 g/mol. The van der Waals surface area contributed by atoms with Crippen LogP contribution in [0.15, 0.2) is 18.5 Å². The van der Waals surface area contributed by atoms with E-state index in [1.165, 1.54) is 43.7 Å². The molecule has 17 heavy (non-hydrogen) atoms. The van der Waals surface area contributed by atoms with Crippen molar-refractivity contribution in [1.82, 2.24) is 9.88 Å². The van der Waals surface area contributed by atoms with Gasteiger partial charge in [0.15, 0.2) is 0 Å². The Labute approximate surface area is 103 Å². The van der Waals surface area contributed by atoms with Crippen LogP contribution in [-0.4, -0.2) is 42.6 Å². The van der Waals surface area contributed by atoms with E-state index in [-0.39, 0.29) is 0 Å². The second-order valence-corrected chi connectivity index (χ2v) is 5.45. The Balaban J connectivity index is 1.56. The molecule has 2 fully saturated rings. The van der Waals surface area contributed by atoms with E-state index in [9.17, 15) is 0 Å². The molecule has 0 unspecified atom stereocenters. The molecule has 1 saturated carbocycles. The fourth-order valence-corrected chi connectivity index (χ4v) is 2.57. The van der Waals surface area contributed by atoms with Crippen LogP contribution in [0, 0.1) is 12.8 Å². The molecule has 3 nitrogen and oxygen atoms in total. The number of hydrogen-bond acceptors (Lipinski definition) is 3. The minimum absolute atomic E-state index is 1.02. The van der Waals surface area contributed by atoms with E-state index in [4.69, 9.17) is 0 Å². The fourth-order valence-electron chi connectivity index (χ4n) is 2.57. The largest absolute Gasteiger partial charge is 0.368 e. The van der Waals surface area contributed by atoms with Crippen LogP contribution in [0.25, 0.3) is 0 Å². The van der Waals surface area contributed by atoms with Crippen LogP contribution in [0.3, 0.4) is 0 Å². The van der Waals surface area contributed by atoms with Crippen molar-refractivity contribution in [2.45, 2.75) is 19.8 Å². The molecule has 0 atom stereocenters.